The molecule has 0 heterocycles. The van der Waals surface area contributed by atoms with Gasteiger partial charge in [0, 0.05) is 6.54 Å². The van der Waals surface area contributed by atoms with Gasteiger partial charge >= 0.3 is 5.97 Å². The van der Waals surface area contributed by atoms with Crippen LogP contribution < -0.4 is 11.1 Å². The molecule has 1 rings (SSSR count). The minimum atomic E-state index is -0.481. The van der Waals surface area contributed by atoms with Crippen LogP contribution >= 0.6 is 0 Å². The van der Waals surface area contributed by atoms with Crippen LogP contribution in [0.25, 0.3) is 0 Å². The molecule has 0 radical (unpaired) electrons. The van der Waals surface area contributed by atoms with E-state index in [0.717, 1.165) is 0 Å². The Kier molecular flexibility index (Phi) is 5.90. The molecule has 5 heteroatoms. The number of rotatable bonds is 5. The lowest BCUT2D eigenvalue weighted by Crippen LogP contribution is -2.32. The number of carbonyl (C=O) groups is 2. The van der Waals surface area contributed by atoms with Crippen LogP contribution in [-0.2, 0) is 9.53 Å². The summed E-state index contributed by atoms with van der Waals surface area (Å²) in [6.45, 7) is 6.45. The van der Waals surface area contributed by atoms with Gasteiger partial charge in [-0.25, -0.2) is 4.79 Å². The van der Waals surface area contributed by atoms with E-state index in [0.29, 0.717) is 17.7 Å². The molecule has 116 valence electrons. The third-order valence-corrected chi connectivity index (χ3v) is 3.10. The van der Waals surface area contributed by atoms with Crippen LogP contribution in [-0.4, -0.2) is 25.5 Å². The average Bonchev–Trinajstić information content (AvgIpc) is 2.43. The SMILES string of the molecule is COC(=O)c1ccccc1NC(=O)C(CN)CC(C)(C)C. The van der Waals surface area contributed by atoms with Crippen LogP contribution in [0.4, 0.5) is 5.69 Å². The van der Waals surface area contributed by atoms with E-state index in [1.54, 1.807) is 24.3 Å². The molecule has 0 aliphatic carbocycles. The summed E-state index contributed by atoms with van der Waals surface area (Å²) < 4.78 is 4.71. The van der Waals surface area contributed by atoms with Gasteiger partial charge in [0.1, 0.15) is 0 Å². The second kappa shape index (κ2) is 7.22. The summed E-state index contributed by atoms with van der Waals surface area (Å²) in [7, 11) is 1.31. The second-order valence-corrected chi connectivity index (χ2v) is 6.22. The van der Waals surface area contributed by atoms with Crippen LogP contribution in [0.3, 0.4) is 0 Å². The van der Waals surface area contributed by atoms with Gasteiger partial charge in [0.15, 0.2) is 0 Å². The van der Waals surface area contributed by atoms with Crippen molar-refractivity contribution in [1.82, 2.24) is 0 Å². The smallest absolute Gasteiger partial charge is 0.339 e. The van der Waals surface area contributed by atoms with E-state index in [2.05, 4.69) is 26.1 Å². The van der Waals surface area contributed by atoms with Gasteiger partial charge in [-0.2, -0.15) is 0 Å². The minimum absolute atomic E-state index is 0.00322. The lowest BCUT2D eigenvalue weighted by atomic mass is 9.84. The molecule has 1 aromatic carbocycles. The molecule has 0 spiro atoms. The maximum Gasteiger partial charge on any atom is 0.339 e. The summed E-state index contributed by atoms with van der Waals surface area (Å²) in [5, 5.41) is 2.78. The Labute approximate surface area is 125 Å². The van der Waals surface area contributed by atoms with Gasteiger partial charge in [-0.3, -0.25) is 4.79 Å². The highest BCUT2D eigenvalue weighted by atomic mass is 16.5. The summed E-state index contributed by atoms with van der Waals surface area (Å²) in [6, 6.07) is 6.76. The number of benzene rings is 1. The number of hydrogen-bond donors (Lipinski definition) is 2. The number of carbonyl (C=O) groups excluding carboxylic acids is 2. The first-order valence-corrected chi connectivity index (χ1v) is 6.96. The normalized spacial score (nSPS) is 12.6. The van der Waals surface area contributed by atoms with Crippen molar-refractivity contribution in [3.63, 3.8) is 0 Å². The van der Waals surface area contributed by atoms with E-state index in [1.165, 1.54) is 7.11 Å². The highest BCUT2D eigenvalue weighted by Crippen LogP contribution is 2.25. The van der Waals surface area contributed by atoms with Gasteiger partial charge < -0.3 is 15.8 Å². The molecule has 1 atom stereocenters. The molecular formula is C16H24N2O3. The number of anilines is 1. The van der Waals surface area contributed by atoms with Crippen molar-refractivity contribution in [3.05, 3.63) is 29.8 Å². The minimum Gasteiger partial charge on any atom is -0.465 e. The van der Waals surface area contributed by atoms with Crippen LogP contribution in [0, 0.1) is 11.3 Å². The van der Waals surface area contributed by atoms with E-state index in [4.69, 9.17) is 10.5 Å². The van der Waals surface area contributed by atoms with Gasteiger partial charge in [0.2, 0.25) is 5.91 Å². The largest absolute Gasteiger partial charge is 0.465 e. The summed E-state index contributed by atoms with van der Waals surface area (Å²) in [4.78, 5) is 24.0. The number of methoxy groups -OCH3 is 1. The number of nitrogens with one attached hydrogen (secondary N) is 1. The summed E-state index contributed by atoms with van der Waals surface area (Å²) >= 11 is 0. The van der Waals surface area contributed by atoms with Crippen molar-refractivity contribution in [2.24, 2.45) is 17.1 Å². The fraction of sp³-hybridized carbons (Fsp3) is 0.500. The molecule has 5 nitrogen and oxygen atoms in total. The third kappa shape index (κ3) is 5.19. The standard InChI is InChI=1S/C16H24N2O3/c1-16(2,3)9-11(10-17)14(19)18-13-8-6-5-7-12(13)15(20)21-4/h5-8,11H,9-10,17H2,1-4H3,(H,18,19). The molecule has 21 heavy (non-hydrogen) atoms. The Morgan fingerprint density at radius 1 is 1.29 bits per heavy atom. The fourth-order valence-corrected chi connectivity index (χ4v) is 2.14. The molecule has 0 bridgehead atoms. The lowest BCUT2D eigenvalue weighted by Gasteiger charge is -2.24. The van der Waals surface area contributed by atoms with Crippen LogP contribution in [0.5, 0.6) is 0 Å². The van der Waals surface area contributed by atoms with Crippen LogP contribution in [0.2, 0.25) is 0 Å². The maximum atomic E-state index is 12.3. The summed E-state index contributed by atoms with van der Waals surface area (Å²) in [5.41, 5.74) is 6.49. The molecule has 1 amide bonds. The van der Waals surface area contributed by atoms with Crippen LogP contribution in [0.1, 0.15) is 37.6 Å². The summed E-state index contributed by atoms with van der Waals surface area (Å²) in [6.07, 6.45) is 0.676. The molecule has 0 aliphatic heterocycles. The number of nitrogens with two attached hydrogens (primary N) is 1. The van der Waals surface area contributed by atoms with Crippen molar-refractivity contribution in [2.75, 3.05) is 19.0 Å². The topological polar surface area (TPSA) is 81.4 Å². The number of ether oxygens (including phenoxy) is 1. The fourth-order valence-electron chi connectivity index (χ4n) is 2.14. The quantitative estimate of drug-likeness (QED) is 0.817. The molecule has 0 aromatic heterocycles. The van der Waals surface area contributed by atoms with E-state index >= 15 is 0 Å². The Morgan fingerprint density at radius 2 is 1.90 bits per heavy atom. The zero-order valence-electron chi connectivity index (χ0n) is 13.1. The van der Waals surface area contributed by atoms with E-state index in [-0.39, 0.29) is 23.8 Å². The van der Waals surface area contributed by atoms with Crippen molar-refractivity contribution in [2.45, 2.75) is 27.2 Å². The van der Waals surface area contributed by atoms with Crippen molar-refractivity contribution in [3.8, 4) is 0 Å². The first kappa shape index (κ1) is 17.2. The Hall–Kier alpha value is -1.88. The van der Waals surface area contributed by atoms with Crippen molar-refractivity contribution in [1.29, 1.82) is 0 Å². The molecule has 3 N–H and O–H groups in total. The Bertz CT molecular complexity index is 506. The van der Waals surface area contributed by atoms with Gasteiger partial charge in [-0.05, 0) is 24.0 Å². The van der Waals surface area contributed by atoms with Crippen molar-refractivity contribution < 1.29 is 14.3 Å². The molecular weight excluding hydrogens is 268 g/mol. The molecule has 0 saturated carbocycles. The average molecular weight is 292 g/mol. The Balaban J connectivity index is 2.90. The van der Waals surface area contributed by atoms with E-state index < -0.39 is 5.97 Å². The molecule has 0 fully saturated rings. The number of esters is 1. The van der Waals surface area contributed by atoms with Crippen LogP contribution in [0.15, 0.2) is 24.3 Å². The second-order valence-electron chi connectivity index (χ2n) is 6.22. The third-order valence-electron chi connectivity index (χ3n) is 3.10. The van der Waals surface area contributed by atoms with E-state index in [1.807, 2.05) is 0 Å². The molecule has 1 unspecified atom stereocenters. The highest BCUT2D eigenvalue weighted by Gasteiger charge is 2.24. The first-order chi connectivity index (χ1) is 9.78. The van der Waals surface area contributed by atoms with Gasteiger partial charge in [0.05, 0.1) is 24.3 Å². The number of hydrogen-bond acceptors (Lipinski definition) is 4. The Morgan fingerprint density at radius 3 is 2.43 bits per heavy atom. The predicted molar refractivity (Wildman–Crippen MR) is 83.0 cm³/mol. The number of amides is 1. The highest BCUT2D eigenvalue weighted by molar-refractivity contribution is 6.01. The monoisotopic (exact) mass is 292 g/mol. The van der Waals surface area contributed by atoms with E-state index in [9.17, 15) is 9.59 Å². The van der Waals surface area contributed by atoms with Gasteiger partial charge in [-0.1, -0.05) is 32.9 Å². The molecule has 0 saturated heterocycles. The maximum absolute atomic E-state index is 12.3. The zero-order chi connectivity index (χ0) is 16.0. The summed E-state index contributed by atoms with van der Waals surface area (Å²) in [5.74, 6) is -0.953. The predicted octanol–water partition coefficient (Wildman–Crippen LogP) is 2.42. The first-order valence-electron chi connectivity index (χ1n) is 6.96. The van der Waals surface area contributed by atoms with Crippen molar-refractivity contribution >= 4 is 17.6 Å². The lowest BCUT2D eigenvalue weighted by molar-refractivity contribution is -0.120. The van der Waals surface area contributed by atoms with Gasteiger partial charge in [0.25, 0.3) is 0 Å². The molecule has 1 aromatic rings. The molecule has 0 aliphatic rings. The zero-order valence-corrected chi connectivity index (χ0v) is 13.1. The number of para-hydroxylation sites is 1. The van der Waals surface area contributed by atoms with Gasteiger partial charge in [-0.15, -0.1) is 0 Å².